The minimum absolute atomic E-state index is 0.0451. The van der Waals surface area contributed by atoms with Crippen LogP contribution in [0, 0.1) is 0 Å². The van der Waals surface area contributed by atoms with Crippen molar-refractivity contribution in [3.05, 3.63) is 54.3 Å². The molecule has 0 bridgehead atoms. The molecule has 0 aliphatic carbocycles. The van der Waals surface area contributed by atoms with E-state index in [4.69, 9.17) is 9.52 Å². The maximum absolute atomic E-state index is 13.5. The fourth-order valence-electron chi connectivity index (χ4n) is 3.92. The number of aromatic nitrogens is 1. The number of carboxylic acid groups (broad SMARTS) is 1. The first-order valence-corrected chi connectivity index (χ1v) is 9.60. The molecule has 1 aromatic carbocycles. The third-order valence-corrected chi connectivity index (χ3v) is 5.30. The van der Waals surface area contributed by atoms with Gasteiger partial charge in [0.25, 0.3) is 5.91 Å². The first-order valence-electron chi connectivity index (χ1n) is 9.60. The summed E-state index contributed by atoms with van der Waals surface area (Å²) in [4.78, 5) is 31.0. The van der Waals surface area contributed by atoms with Gasteiger partial charge in [-0.25, -0.2) is 4.98 Å². The number of aliphatic carboxylic acids is 1. The van der Waals surface area contributed by atoms with E-state index in [-0.39, 0.29) is 18.4 Å². The number of para-hydroxylation sites is 1. The van der Waals surface area contributed by atoms with Gasteiger partial charge in [0.05, 0.1) is 17.3 Å². The lowest BCUT2D eigenvalue weighted by Gasteiger charge is -2.36. The van der Waals surface area contributed by atoms with Gasteiger partial charge < -0.3 is 14.4 Å². The highest BCUT2D eigenvalue weighted by Crippen LogP contribution is 2.29. The molecule has 1 fully saturated rings. The number of hydrogen-bond donors (Lipinski definition) is 1. The number of carbonyl (C=O) groups is 2. The lowest BCUT2D eigenvalue weighted by molar-refractivity contribution is -0.137. The highest BCUT2D eigenvalue weighted by molar-refractivity contribution is 6.07. The molecular formula is C22H22N2O4. The predicted molar refractivity (Wildman–Crippen MR) is 105 cm³/mol. The minimum Gasteiger partial charge on any atom is -0.481 e. The molecule has 1 unspecified atom stereocenters. The summed E-state index contributed by atoms with van der Waals surface area (Å²) in [6.07, 6.45) is 4.93. The smallest absolute Gasteiger partial charge is 0.303 e. The summed E-state index contributed by atoms with van der Waals surface area (Å²) in [5.41, 5.74) is 1.93. The molecule has 6 nitrogen and oxygen atoms in total. The van der Waals surface area contributed by atoms with Crippen LogP contribution in [-0.4, -0.2) is 39.5 Å². The van der Waals surface area contributed by atoms with Crippen molar-refractivity contribution in [2.75, 3.05) is 6.54 Å². The van der Waals surface area contributed by atoms with Crippen molar-refractivity contribution in [3.63, 3.8) is 0 Å². The lowest BCUT2D eigenvalue weighted by Crippen LogP contribution is -2.44. The molecule has 6 heteroatoms. The van der Waals surface area contributed by atoms with Crippen LogP contribution in [0.2, 0.25) is 0 Å². The zero-order valence-corrected chi connectivity index (χ0v) is 15.5. The fraction of sp³-hybridized carbons (Fsp3) is 0.318. The Balaban J connectivity index is 1.74. The van der Waals surface area contributed by atoms with Gasteiger partial charge in [0, 0.05) is 24.4 Å². The molecule has 1 saturated heterocycles. The molecule has 3 aromatic rings. The summed E-state index contributed by atoms with van der Waals surface area (Å²) in [6, 6.07) is 12.9. The molecule has 144 valence electrons. The van der Waals surface area contributed by atoms with Crippen LogP contribution < -0.4 is 0 Å². The molecule has 1 aliphatic rings. The van der Waals surface area contributed by atoms with Crippen molar-refractivity contribution in [1.82, 2.24) is 9.88 Å². The van der Waals surface area contributed by atoms with Crippen LogP contribution in [0.15, 0.2) is 53.1 Å². The van der Waals surface area contributed by atoms with Crippen molar-refractivity contribution in [3.8, 4) is 11.5 Å². The van der Waals surface area contributed by atoms with E-state index in [1.807, 2.05) is 35.2 Å². The molecule has 4 rings (SSSR count). The summed E-state index contributed by atoms with van der Waals surface area (Å²) in [7, 11) is 0. The summed E-state index contributed by atoms with van der Waals surface area (Å²) in [6.45, 7) is 0.649. The van der Waals surface area contributed by atoms with Crippen molar-refractivity contribution >= 4 is 22.8 Å². The van der Waals surface area contributed by atoms with Gasteiger partial charge in [0.2, 0.25) is 0 Å². The highest BCUT2D eigenvalue weighted by atomic mass is 16.4. The number of carboxylic acids is 1. The SMILES string of the molecule is O=C(O)CCC1CCCCN1C(=O)c1cc(-c2ccco2)nc2ccccc12. The quantitative estimate of drug-likeness (QED) is 0.713. The Morgan fingerprint density at radius 1 is 1.18 bits per heavy atom. The van der Waals surface area contributed by atoms with E-state index in [9.17, 15) is 9.59 Å². The molecular weight excluding hydrogens is 356 g/mol. The van der Waals surface area contributed by atoms with Gasteiger partial charge in [-0.2, -0.15) is 0 Å². The monoisotopic (exact) mass is 378 g/mol. The van der Waals surface area contributed by atoms with E-state index in [1.54, 1.807) is 18.4 Å². The van der Waals surface area contributed by atoms with Crippen LogP contribution in [-0.2, 0) is 4.79 Å². The second kappa shape index (κ2) is 7.84. The molecule has 1 amide bonds. The van der Waals surface area contributed by atoms with Gasteiger partial charge in [-0.15, -0.1) is 0 Å². The number of nitrogens with zero attached hydrogens (tertiary/aromatic N) is 2. The molecule has 0 saturated carbocycles. The molecule has 28 heavy (non-hydrogen) atoms. The predicted octanol–water partition coefficient (Wildman–Crippen LogP) is 4.35. The number of hydrogen-bond acceptors (Lipinski definition) is 4. The maximum atomic E-state index is 13.5. The molecule has 2 aromatic heterocycles. The highest BCUT2D eigenvalue weighted by Gasteiger charge is 2.29. The topological polar surface area (TPSA) is 83.6 Å². The van der Waals surface area contributed by atoms with Gasteiger partial charge in [0.15, 0.2) is 5.76 Å². The standard InChI is InChI=1S/C22H22N2O4/c25-21(26)11-10-15-6-3-4-12-24(15)22(27)17-14-19(20-9-5-13-28-20)23-18-8-2-1-7-16(17)18/h1-2,5,7-9,13-15H,3-4,6,10-12H2,(H,25,26). The normalized spacial score (nSPS) is 17.0. The zero-order valence-electron chi connectivity index (χ0n) is 15.5. The van der Waals surface area contributed by atoms with Crippen molar-refractivity contribution in [2.24, 2.45) is 0 Å². The number of fused-ring (bicyclic) bond motifs is 1. The average Bonchev–Trinajstić information content (AvgIpc) is 3.26. The van der Waals surface area contributed by atoms with Gasteiger partial charge in [-0.05, 0) is 49.9 Å². The van der Waals surface area contributed by atoms with Crippen LogP contribution in [0.1, 0.15) is 42.5 Å². The molecule has 3 heterocycles. The van der Waals surface area contributed by atoms with Crippen LogP contribution in [0.4, 0.5) is 0 Å². The summed E-state index contributed by atoms with van der Waals surface area (Å²) >= 11 is 0. The minimum atomic E-state index is -0.826. The number of carbonyl (C=O) groups excluding carboxylic acids is 1. The average molecular weight is 378 g/mol. The third-order valence-electron chi connectivity index (χ3n) is 5.30. The number of amides is 1. The van der Waals surface area contributed by atoms with Crippen molar-refractivity contribution < 1.29 is 19.1 Å². The lowest BCUT2D eigenvalue weighted by atomic mass is 9.96. The molecule has 1 N–H and O–H groups in total. The van der Waals surface area contributed by atoms with Gasteiger partial charge in [-0.3, -0.25) is 9.59 Å². The third kappa shape index (κ3) is 3.63. The Morgan fingerprint density at radius 2 is 2.04 bits per heavy atom. The second-order valence-electron chi connectivity index (χ2n) is 7.13. The van der Waals surface area contributed by atoms with Gasteiger partial charge >= 0.3 is 5.97 Å². The number of rotatable bonds is 5. The molecule has 0 radical (unpaired) electrons. The van der Waals surface area contributed by atoms with E-state index in [2.05, 4.69) is 4.98 Å². The summed E-state index contributed by atoms with van der Waals surface area (Å²) < 4.78 is 5.48. The van der Waals surface area contributed by atoms with Crippen molar-refractivity contribution in [1.29, 1.82) is 0 Å². The number of likely N-dealkylation sites (tertiary alicyclic amines) is 1. The molecule has 1 aliphatic heterocycles. The van der Waals surface area contributed by atoms with E-state index in [0.717, 1.165) is 30.2 Å². The molecule has 1 atom stereocenters. The van der Waals surface area contributed by atoms with E-state index >= 15 is 0 Å². The first-order chi connectivity index (χ1) is 13.6. The Hall–Kier alpha value is -3.15. The summed E-state index contributed by atoms with van der Waals surface area (Å²) in [5, 5.41) is 9.84. The number of benzene rings is 1. The van der Waals surface area contributed by atoms with Crippen LogP contribution in [0.5, 0.6) is 0 Å². The maximum Gasteiger partial charge on any atom is 0.303 e. The number of pyridine rings is 1. The Bertz CT molecular complexity index is 997. The van der Waals surface area contributed by atoms with E-state index < -0.39 is 5.97 Å². The van der Waals surface area contributed by atoms with Gasteiger partial charge in [-0.1, -0.05) is 18.2 Å². The van der Waals surface area contributed by atoms with E-state index in [1.165, 1.54) is 0 Å². The van der Waals surface area contributed by atoms with Crippen LogP contribution in [0.25, 0.3) is 22.4 Å². The molecule has 0 spiro atoms. The second-order valence-corrected chi connectivity index (χ2v) is 7.13. The number of piperidine rings is 1. The first kappa shape index (κ1) is 18.2. The van der Waals surface area contributed by atoms with Gasteiger partial charge in [0.1, 0.15) is 5.69 Å². The largest absolute Gasteiger partial charge is 0.481 e. The Labute approximate surface area is 162 Å². The zero-order chi connectivity index (χ0) is 19.5. The van der Waals surface area contributed by atoms with E-state index in [0.29, 0.717) is 30.0 Å². The van der Waals surface area contributed by atoms with Crippen molar-refractivity contribution in [2.45, 2.75) is 38.1 Å². The Morgan fingerprint density at radius 3 is 2.82 bits per heavy atom. The van der Waals surface area contributed by atoms with Crippen LogP contribution in [0.3, 0.4) is 0 Å². The Kier molecular flexibility index (Phi) is 5.10. The van der Waals surface area contributed by atoms with Crippen LogP contribution >= 0.6 is 0 Å². The number of furan rings is 1. The fourth-order valence-corrected chi connectivity index (χ4v) is 3.92. The summed E-state index contributed by atoms with van der Waals surface area (Å²) in [5.74, 6) is -0.283.